The van der Waals surface area contributed by atoms with Crippen LogP contribution in [0.1, 0.15) is 59.8 Å². The van der Waals surface area contributed by atoms with E-state index in [-0.39, 0.29) is 0 Å². The van der Waals surface area contributed by atoms with E-state index in [2.05, 4.69) is 20.8 Å². The van der Waals surface area contributed by atoms with E-state index in [1.54, 1.807) is 0 Å². The second-order valence-electron chi connectivity index (χ2n) is 3.83. The molecule has 0 aliphatic carbocycles. The quantitative estimate of drug-likeness (QED) is 0.579. The predicted molar refractivity (Wildman–Crippen MR) is 52.7 cm³/mol. The maximum absolute atomic E-state index is 12.2. The molecule has 0 aliphatic heterocycles. The van der Waals surface area contributed by atoms with Gasteiger partial charge in [0.2, 0.25) is 0 Å². The van der Waals surface area contributed by atoms with Crippen LogP contribution in [0.4, 0.5) is 0 Å². The SMILES string of the molecule is CCCCC([O])(CC)C(C)CC. The highest BCUT2D eigenvalue weighted by Crippen LogP contribution is 2.29. The van der Waals surface area contributed by atoms with Crippen LogP contribution in [0.3, 0.4) is 0 Å². The van der Waals surface area contributed by atoms with Gasteiger partial charge in [-0.1, -0.05) is 47.0 Å². The molecular formula is C11H23O. The van der Waals surface area contributed by atoms with Gasteiger partial charge in [-0.05, 0) is 18.8 Å². The average molecular weight is 171 g/mol. The highest BCUT2D eigenvalue weighted by molar-refractivity contribution is 4.81. The highest BCUT2D eigenvalue weighted by atomic mass is 16.3. The van der Waals surface area contributed by atoms with E-state index in [1.807, 2.05) is 6.92 Å². The smallest absolute Gasteiger partial charge is 0.106 e. The first-order valence-corrected chi connectivity index (χ1v) is 5.31. The summed E-state index contributed by atoms with van der Waals surface area (Å²) in [4.78, 5) is 0. The minimum Gasteiger partial charge on any atom is -0.229 e. The molecule has 0 aliphatic rings. The van der Waals surface area contributed by atoms with Gasteiger partial charge in [0.1, 0.15) is 5.60 Å². The lowest BCUT2D eigenvalue weighted by Crippen LogP contribution is -2.33. The maximum Gasteiger partial charge on any atom is 0.106 e. The zero-order chi connectivity index (χ0) is 9.61. The van der Waals surface area contributed by atoms with E-state index < -0.39 is 5.60 Å². The van der Waals surface area contributed by atoms with Crippen LogP contribution in [-0.2, 0) is 5.11 Å². The summed E-state index contributed by atoms with van der Waals surface area (Å²) in [6.45, 7) is 8.37. The molecule has 0 aromatic heterocycles. The molecule has 0 fully saturated rings. The maximum atomic E-state index is 12.2. The van der Waals surface area contributed by atoms with Crippen LogP contribution in [0.5, 0.6) is 0 Å². The van der Waals surface area contributed by atoms with Crippen molar-refractivity contribution < 1.29 is 5.11 Å². The van der Waals surface area contributed by atoms with Crippen LogP contribution in [0.25, 0.3) is 0 Å². The van der Waals surface area contributed by atoms with Gasteiger partial charge < -0.3 is 0 Å². The number of rotatable bonds is 6. The molecule has 1 heteroatoms. The molecule has 2 atom stereocenters. The molecule has 0 amide bonds. The van der Waals surface area contributed by atoms with Crippen molar-refractivity contribution in [2.75, 3.05) is 0 Å². The first-order valence-electron chi connectivity index (χ1n) is 5.31. The monoisotopic (exact) mass is 171 g/mol. The summed E-state index contributed by atoms with van der Waals surface area (Å²) in [6, 6.07) is 0. The Morgan fingerprint density at radius 3 is 2.17 bits per heavy atom. The molecule has 1 nitrogen and oxygen atoms in total. The molecule has 0 N–H and O–H groups in total. The standard InChI is InChI=1S/C11H23O/c1-5-8-9-11(12,7-3)10(4)6-2/h10H,5-9H2,1-4H3. The number of unbranched alkanes of at least 4 members (excludes halogenated alkanes) is 1. The Kier molecular flexibility index (Phi) is 5.56. The fraction of sp³-hybridized carbons (Fsp3) is 1.00. The normalized spacial score (nSPS) is 18.8. The van der Waals surface area contributed by atoms with Crippen molar-refractivity contribution in [3.8, 4) is 0 Å². The first kappa shape index (κ1) is 12.0. The van der Waals surface area contributed by atoms with Crippen molar-refractivity contribution in [3.63, 3.8) is 0 Å². The molecule has 0 saturated carbocycles. The first-order chi connectivity index (χ1) is 5.60. The van der Waals surface area contributed by atoms with Gasteiger partial charge in [-0.2, -0.15) is 0 Å². The van der Waals surface area contributed by atoms with Gasteiger partial charge in [0.25, 0.3) is 0 Å². The molecule has 1 radical (unpaired) electrons. The fourth-order valence-corrected chi connectivity index (χ4v) is 1.62. The van der Waals surface area contributed by atoms with Crippen LogP contribution in [0, 0.1) is 5.92 Å². The van der Waals surface area contributed by atoms with E-state index in [0.29, 0.717) is 5.92 Å². The van der Waals surface area contributed by atoms with Gasteiger partial charge in [0, 0.05) is 0 Å². The molecule has 0 spiro atoms. The molecule has 2 unspecified atom stereocenters. The topological polar surface area (TPSA) is 19.9 Å². The molecule has 0 aromatic carbocycles. The zero-order valence-electron chi connectivity index (χ0n) is 9.02. The number of hydrogen-bond acceptors (Lipinski definition) is 0. The minimum absolute atomic E-state index is 0.328. The second-order valence-corrected chi connectivity index (χ2v) is 3.83. The summed E-state index contributed by atoms with van der Waals surface area (Å²) in [5, 5.41) is 12.2. The highest BCUT2D eigenvalue weighted by Gasteiger charge is 2.31. The molecule has 0 rings (SSSR count). The van der Waals surface area contributed by atoms with Gasteiger partial charge in [0.15, 0.2) is 0 Å². The van der Waals surface area contributed by atoms with Crippen LogP contribution < -0.4 is 0 Å². The minimum atomic E-state index is -0.648. The van der Waals surface area contributed by atoms with Gasteiger partial charge in [-0.15, -0.1) is 0 Å². The molecule has 0 bridgehead atoms. The number of hydrogen-bond donors (Lipinski definition) is 0. The second kappa shape index (κ2) is 5.58. The van der Waals surface area contributed by atoms with Crippen LogP contribution in [-0.4, -0.2) is 5.60 Å². The van der Waals surface area contributed by atoms with Gasteiger partial charge in [-0.25, -0.2) is 5.11 Å². The van der Waals surface area contributed by atoms with Gasteiger partial charge >= 0.3 is 0 Å². The third kappa shape index (κ3) is 3.14. The molecule has 0 aromatic rings. The summed E-state index contributed by atoms with van der Waals surface area (Å²) in [5.74, 6) is 0.328. The van der Waals surface area contributed by atoms with Crippen molar-refractivity contribution in [1.29, 1.82) is 0 Å². The third-order valence-electron chi connectivity index (χ3n) is 3.06. The summed E-state index contributed by atoms with van der Waals surface area (Å²) in [7, 11) is 0. The predicted octanol–water partition coefficient (Wildman–Crippen LogP) is 3.80. The Morgan fingerprint density at radius 1 is 1.25 bits per heavy atom. The molecule has 12 heavy (non-hydrogen) atoms. The van der Waals surface area contributed by atoms with Crippen molar-refractivity contribution in [1.82, 2.24) is 0 Å². The summed E-state index contributed by atoms with van der Waals surface area (Å²) < 4.78 is 0. The Labute approximate surface area is 77.2 Å². The lowest BCUT2D eigenvalue weighted by Gasteiger charge is -2.30. The molecule has 0 saturated heterocycles. The van der Waals surface area contributed by atoms with Crippen LogP contribution in [0.2, 0.25) is 0 Å². The largest absolute Gasteiger partial charge is 0.229 e. The molecule has 0 heterocycles. The van der Waals surface area contributed by atoms with Crippen molar-refractivity contribution in [3.05, 3.63) is 0 Å². The van der Waals surface area contributed by atoms with Crippen LogP contribution >= 0.6 is 0 Å². The fourth-order valence-electron chi connectivity index (χ4n) is 1.62. The van der Waals surface area contributed by atoms with Gasteiger partial charge in [0.05, 0.1) is 0 Å². The Morgan fingerprint density at radius 2 is 1.83 bits per heavy atom. The Bertz CT molecular complexity index is 112. The summed E-state index contributed by atoms with van der Waals surface area (Å²) in [6.07, 6.45) is 4.88. The summed E-state index contributed by atoms with van der Waals surface area (Å²) >= 11 is 0. The molecular weight excluding hydrogens is 148 g/mol. The van der Waals surface area contributed by atoms with E-state index in [9.17, 15) is 5.11 Å². The van der Waals surface area contributed by atoms with Gasteiger partial charge in [-0.3, -0.25) is 0 Å². The van der Waals surface area contributed by atoms with E-state index in [1.165, 1.54) is 0 Å². The Hall–Kier alpha value is -0.0400. The summed E-state index contributed by atoms with van der Waals surface area (Å²) in [5.41, 5.74) is -0.648. The van der Waals surface area contributed by atoms with E-state index >= 15 is 0 Å². The van der Waals surface area contributed by atoms with E-state index in [4.69, 9.17) is 0 Å². The Balaban J connectivity index is 4.03. The van der Waals surface area contributed by atoms with Crippen molar-refractivity contribution >= 4 is 0 Å². The van der Waals surface area contributed by atoms with E-state index in [0.717, 1.165) is 32.1 Å². The zero-order valence-corrected chi connectivity index (χ0v) is 9.02. The van der Waals surface area contributed by atoms with Crippen molar-refractivity contribution in [2.24, 2.45) is 5.92 Å². The lowest BCUT2D eigenvalue weighted by atomic mass is 9.81. The lowest BCUT2D eigenvalue weighted by molar-refractivity contribution is -0.0845. The molecule has 73 valence electrons. The third-order valence-corrected chi connectivity index (χ3v) is 3.06. The van der Waals surface area contributed by atoms with Crippen molar-refractivity contribution in [2.45, 2.75) is 65.4 Å². The average Bonchev–Trinajstić information content (AvgIpc) is 2.12. The van der Waals surface area contributed by atoms with Crippen LogP contribution in [0.15, 0.2) is 0 Å².